The smallest absolute Gasteiger partial charge is 0.162 e. The van der Waals surface area contributed by atoms with Gasteiger partial charge >= 0.3 is 0 Å². The van der Waals surface area contributed by atoms with Gasteiger partial charge in [0.15, 0.2) is 5.76 Å². The zero-order valence-corrected chi connectivity index (χ0v) is 10.7. The van der Waals surface area contributed by atoms with Crippen molar-refractivity contribution >= 4 is 31.9 Å². The molecule has 0 aliphatic carbocycles. The fourth-order valence-electron chi connectivity index (χ4n) is 1.18. The zero-order valence-electron chi connectivity index (χ0n) is 7.58. The van der Waals surface area contributed by atoms with Crippen molar-refractivity contribution in [1.82, 2.24) is 5.16 Å². The Kier molecular flexibility index (Phi) is 3.23. The largest absolute Gasteiger partial charge is 0.388 e. The Morgan fingerprint density at radius 3 is 2.60 bits per heavy atom. The molecule has 0 saturated heterocycles. The van der Waals surface area contributed by atoms with Gasteiger partial charge in [-0.2, -0.15) is 0 Å². The summed E-state index contributed by atoms with van der Waals surface area (Å²) in [7, 11) is 0. The van der Waals surface area contributed by atoms with Gasteiger partial charge in [-0.3, -0.25) is 0 Å². The van der Waals surface area contributed by atoms with Crippen molar-refractivity contribution in [1.29, 1.82) is 0 Å². The molecule has 0 saturated carbocycles. The third kappa shape index (κ3) is 2.30. The Morgan fingerprint density at radius 2 is 2.00 bits per heavy atom. The maximum absolute atomic E-state index is 8.85. The molecule has 0 fully saturated rings. The first kappa shape index (κ1) is 10.9. The minimum atomic E-state index is -0.134. The maximum atomic E-state index is 8.85. The molecule has 1 heterocycles. The first-order valence-electron chi connectivity index (χ1n) is 4.22. The molecule has 0 aliphatic heterocycles. The topological polar surface area (TPSA) is 46.3 Å². The molecule has 3 nitrogen and oxygen atoms in total. The molecule has 15 heavy (non-hydrogen) atoms. The molecule has 5 heteroatoms. The van der Waals surface area contributed by atoms with Crippen LogP contribution in [0.15, 0.2) is 37.7 Å². The minimum absolute atomic E-state index is 0.134. The van der Waals surface area contributed by atoms with E-state index in [0.717, 1.165) is 14.5 Å². The molecule has 1 aromatic heterocycles. The lowest BCUT2D eigenvalue weighted by Crippen LogP contribution is -1.78. The van der Waals surface area contributed by atoms with E-state index < -0.39 is 0 Å². The Morgan fingerprint density at radius 1 is 1.20 bits per heavy atom. The number of rotatable bonds is 2. The molecule has 0 unspecified atom stereocenters. The van der Waals surface area contributed by atoms with Gasteiger partial charge in [-0.15, -0.1) is 0 Å². The van der Waals surface area contributed by atoms with Crippen molar-refractivity contribution in [3.8, 4) is 11.3 Å². The van der Waals surface area contributed by atoms with Gasteiger partial charge in [-0.25, -0.2) is 0 Å². The van der Waals surface area contributed by atoms with Crippen molar-refractivity contribution in [2.24, 2.45) is 0 Å². The predicted molar refractivity (Wildman–Crippen MR) is 63.3 cm³/mol. The molecule has 1 N–H and O–H groups in total. The molecule has 78 valence electrons. The summed E-state index contributed by atoms with van der Waals surface area (Å²) in [5.74, 6) is 0.462. The molecular weight excluding hydrogens is 326 g/mol. The Hall–Kier alpha value is -0.650. The second-order valence-corrected chi connectivity index (χ2v) is 4.67. The van der Waals surface area contributed by atoms with E-state index in [4.69, 9.17) is 9.63 Å². The number of benzene rings is 1. The van der Waals surface area contributed by atoms with Gasteiger partial charge in [0.05, 0.1) is 0 Å². The van der Waals surface area contributed by atoms with Crippen LogP contribution in [0.4, 0.5) is 0 Å². The van der Waals surface area contributed by atoms with E-state index in [9.17, 15) is 0 Å². The number of halogens is 2. The van der Waals surface area contributed by atoms with E-state index >= 15 is 0 Å². The summed E-state index contributed by atoms with van der Waals surface area (Å²) in [6, 6.07) is 7.50. The highest BCUT2D eigenvalue weighted by Gasteiger charge is 2.07. The van der Waals surface area contributed by atoms with Gasteiger partial charge in [0, 0.05) is 20.6 Å². The van der Waals surface area contributed by atoms with Crippen LogP contribution in [-0.4, -0.2) is 10.3 Å². The molecule has 0 atom stereocenters. The second kappa shape index (κ2) is 4.47. The highest BCUT2D eigenvalue weighted by atomic mass is 79.9. The van der Waals surface area contributed by atoms with Gasteiger partial charge in [-0.05, 0) is 44.0 Å². The lowest BCUT2D eigenvalue weighted by Gasteiger charge is -1.98. The molecule has 2 rings (SSSR count). The van der Waals surface area contributed by atoms with Crippen LogP contribution < -0.4 is 0 Å². The quantitative estimate of drug-likeness (QED) is 0.917. The summed E-state index contributed by atoms with van der Waals surface area (Å²) in [5, 5.41) is 12.7. The summed E-state index contributed by atoms with van der Waals surface area (Å²) >= 11 is 6.80. The normalized spacial score (nSPS) is 10.6. The van der Waals surface area contributed by atoms with Crippen molar-refractivity contribution in [2.45, 2.75) is 6.61 Å². The van der Waals surface area contributed by atoms with E-state index in [1.54, 1.807) is 6.07 Å². The Bertz CT molecular complexity index is 482. The van der Waals surface area contributed by atoms with Crippen molar-refractivity contribution in [3.05, 3.63) is 39.0 Å². The number of hydrogen-bond acceptors (Lipinski definition) is 3. The van der Waals surface area contributed by atoms with E-state index in [1.807, 2.05) is 18.2 Å². The first-order chi connectivity index (χ1) is 7.20. The van der Waals surface area contributed by atoms with Crippen LogP contribution in [-0.2, 0) is 6.61 Å². The SMILES string of the molecule is OCc1cc(-c2ccc(Br)c(Br)c2)no1. The van der Waals surface area contributed by atoms with Crippen LogP contribution in [0, 0.1) is 0 Å². The average Bonchev–Trinajstić information content (AvgIpc) is 2.70. The van der Waals surface area contributed by atoms with Crippen LogP contribution in [0.3, 0.4) is 0 Å². The molecule has 0 radical (unpaired) electrons. The van der Waals surface area contributed by atoms with Gasteiger partial charge in [0.2, 0.25) is 0 Å². The monoisotopic (exact) mass is 331 g/mol. The second-order valence-electron chi connectivity index (χ2n) is 2.97. The number of hydrogen-bond donors (Lipinski definition) is 1. The van der Waals surface area contributed by atoms with Crippen LogP contribution in [0.5, 0.6) is 0 Å². The zero-order chi connectivity index (χ0) is 10.8. The molecule has 0 spiro atoms. The number of aliphatic hydroxyl groups excluding tert-OH is 1. The van der Waals surface area contributed by atoms with Gasteiger partial charge in [-0.1, -0.05) is 11.2 Å². The highest BCUT2D eigenvalue weighted by molar-refractivity contribution is 9.13. The van der Waals surface area contributed by atoms with Crippen LogP contribution >= 0.6 is 31.9 Å². The lowest BCUT2D eigenvalue weighted by atomic mass is 10.1. The van der Waals surface area contributed by atoms with Crippen LogP contribution in [0.1, 0.15) is 5.76 Å². The Balaban J connectivity index is 2.40. The average molecular weight is 333 g/mol. The fraction of sp³-hybridized carbons (Fsp3) is 0.100. The van der Waals surface area contributed by atoms with E-state index in [1.165, 1.54) is 0 Å². The maximum Gasteiger partial charge on any atom is 0.162 e. The van der Waals surface area contributed by atoms with E-state index in [2.05, 4.69) is 37.0 Å². The van der Waals surface area contributed by atoms with Crippen molar-refractivity contribution in [2.75, 3.05) is 0 Å². The lowest BCUT2D eigenvalue weighted by molar-refractivity contribution is 0.229. The van der Waals surface area contributed by atoms with Gasteiger partial charge < -0.3 is 9.63 Å². The molecular formula is C10H7Br2NO2. The predicted octanol–water partition coefficient (Wildman–Crippen LogP) is 3.36. The molecule has 0 bridgehead atoms. The summed E-state index contributed by atoms with van der Waals surface area (Å²) < 4.78 is 6.85. The third-order valence-corrected chi connectivity index (χ3v) is 3.81. The summed E-state index contributed by atoms with van der Waals surface area (Å²) in [6.07, 6.45) is 0. The van der Waals surface area contributed by atoms with Crippen molar-refractivity contribution in [3.63, 3.8) is 0 Å². The molecule has 2 aromatic rings. The van der Waals surface area contributed by atoms with Gasteiger partial charge in [0.25, 0.3) is 0 Å². The summed E-state index contributed by atoms with van der Waals surface area (Å²) in [5.41, 5.74) is 1.65. The molecule has 1 aromatic carbocycles. The molecule has 0 amide bonds. The summed E-state index contributed by atoms with van der Waals surface area (Å²) in [6.45, 7) is -0.134. The van der Waals surface area contributed by atoms with Crippen LogP contribution in [0.25, 0.3) is 11.3 Å². The van der Waals surface area contributed by atoms with E-state index in [0.29, 0.717) is 11.5 Å². The number of nitrogens with zero attached hydrogens (tertiary/aromatic N) is 1. The number of aliphatic hydroxyl groups is 1. The highest BCUT2D eigenvalue weighted by Crippen LogP contribution is 2.28. The molecule has 0 aliphatic rings. The number of aromatic nitrogens is 1. The summed E-state index contributed by atoms with van der Waals surface area (Å²) in [4.78, 5) is 0. The van der Waals surface area contributed by atoms with Crippen molar-refractivity contribution < 1.29 is 9.63 Å². The Labute approximate surface area is 103 Å². The minimum Gasteiger partial charge on any atom is -0.388 e. The van der Waals surface area contributed by atoms with Gasteiger partial charge in [0.1, 0.15) is 12.3 Å². The fourth-order valence-corrected chi connectivity index (χ4v) is 1.80. The first-order valence-corrected chi connectivity index (χ1v) is 5.81. The third-order valence-electron chi connectivity index (χ3n) is 1.93. The van der Waals surface area contributed by atoms with Crippen LogP contribution in [0.2, 0.25) is 0 Å². The van der Waals surface area contributed by atoms with E-state index in [-0.39, 0.29) is 6.61 Å². The standard InChI is InChI=1S/C10H7Br2NO2/c11-8-2-1-6(3-9(8)12)10-4-7(5-14)15-13-10/h1-4,14H,5H2.